The van der Waals surface area contributed by atoms with Crippen molar-refractivity contribution in [3.8, 4) is 11.3 Å². The van der Waals surface area contributed by atoms with Crippen LogP contribution in [0, 0.1) is 0 Å². The molecular formula is C18H22ClN3O. The fourth-order valence-corrected chi connectivity index (χ4v) is 3.24. The average Bonchev–Trinajstić information content (AvgIpc) is 2.99. The maximum absolute atomic E-state index is 12.4. The molecule has 0 fully saturated rings. The van der Waals surface area contributed by atoms with Gasteiger partial charge in [-0.2, -0.15) is 5.10 Å². The Morgan fingerprint density at radius 3 is 2.70 bits per heavy atom. The van der Waals surface area contributed by atoms with Gasteiger partial charge in [0.2, 0.25) is 0 Å². The van der Waals surface area contributed by atoms with Crippen LogP contribution in [-0.2, 0) is 0 Å². The lowest BCUT2D eigenvalue weighted by atomic mass is 10.1. The van der Waals surface area contributed by atoms with Crippen molar-refractivity contribution in [2.45, 2.75) is 38.6 Å². The number of carbonyl (C=O) groups excluding carboxylic acids is 1. The summed E-state index contributed by atoms with van der Waals surface area (Å²) >= 11 is 5.95. The molecule has 1 amide bonds. The van der Waals surface area contributed by atoms with E-state index in [1.54, 1.807) is 4.90 Å². The Balaban J connectivity index is 1.92. The Morgan fingerprint density at radius 1 is 1.26 bits per heavy atom. The molecule has 0 saturated carbocycles. The van der Waals surface area contributed by atoms with Crippen LogP contribution in [0.3, 0.4) is 0 Å². The Bertz CT molecular complexity index is 693. The average molecular weight is 332 g/mol. The Morgan fingerprint density at radius 2 is 2.00 bits per heavy atom. The van der Waals surface area contributed by atoms with Crippen molar-refractivity contribution < 1.29 is 4.79 Å². The molecule has 0 aliphatic carbocycles. The third-order valence-electron chi connectivity index (χ3n) is 4.41. The smallest absolute Gasteiger partial charge is 0.271 e. The predicted octanol–water partition coefficient (Wildman–Crippen LogP) is 4.41. The number of fused-ring (bicyclic) bond motifs is 1. The molecule has 3 rings (SSSR count). The van der Waals surface area contributed by atoms with Gasteiger partial charge in [-0.15, -0.1) is 0 Å². The zero-order valence-electron chi connectivity index (χ0n) is 13.6. The van der Waals surface area contributed by atoms with Gasteiger partial charge in [0.1, 0.15) is 5.69 Å². The second kappa shape index (κ2) is 6.75. The topological polar surface area (TPSA) is 38.1 Å². The minimum atomic E-state index is 0.0458. The van der Waals surface area contributed by atoms with Crippen LogP contribution < -0.4 is 0 Å². The lowest BCUT2D eigenvalue weighted by Crippen LogP contribution is -2.40. The van der Waals surface area contributed by atoms with Crippen LogP contribution in [0.5, 0.6) is 0 Å². The van der Waals surface area contributed by atoms with Crippen molar-refractivity contribution in [1.29, 1.82) is 0 Å². The monoisotopic (exact) mass is 331 g/mol. The predicted molar refractivity (Wildman–Crippen MR) is 92.8 cm³/mol. The summed E-state index contributed by atoms with van der Waals surface area (Å²) in [5.41, 5.74) is 2.50. The number of aromatic nitrogens is 2. The molecule has 0 saturated heterocycles. The van der Waals surface area contributed by atoms with E-state index in [0.717, 1.165) is 24.2 Å². The molecule has 0 spiro atoms. The molecule has 5 heteroatoms. The van der Waals surface area contributed by atoms with Crippen LogP contribution in [0.15, 0.2) is 30.3 Å². The van der Waals surface area contributed by atoms with Crippen LogP contribution in [0.2, 0.25) is 5.02 Å². The number of rotatable bonds is 5. The first kappa shape index (κ1) is 16.1. The summed E-state index contributed by atoms with van der Waals surface area (Å²) in [5.74, 6) is 0.0458. The first-order valence-electron chi connectivity index (χ1n) is 8.21. The summed E-state index contributed by atoms with van der Waals surface area (Å²) in [4.78, 5) is 14.2. The summed E-state index contributed by atoms with van der Waals surface area (Å²) in [6.45, 7) is 2.94. The van der Waals surface area contributed by atoms with E-state index in [1.807, 2.05) is 42.1 Å². The van der Waals surface area contributed by atoms with Crippen molar-refractivity contribution in [1.82, 2.24) is 14.7 Å². The highest BCUT2D eigenvalue weighted by Gasteiger charge is 2.30. The lowest BCUT2D eigenvalue weighted by Gasteiger charge is -2.31. The number of nitrogens with zero attached hydrogens (tertiary/aromatic N) is 3. The second-order valence-corrected chi connectivity index (χ2v) is 6.64. The maximum Gasteiger partial charge on any atom is 0.271 e. The zero-order valence-corrected chi connectivity index (χ0v) is 14.4. The van der Waals surface area contributed by atoms with Crippen molar-refractivity contribution in [2.24, 2.45) is 0 Å². The summed E-state index contributed by atoms with van der Waals surface area (Å²) in [5, 5.41) is 5.42. The van der Waals surface area contributed by atoms with Gasteiger partial charge in [0.25, 0.3) is 5.91 Å². The van der Waals surface area contributed by atoms with Gasteiger partial charge >= 0.3 is 0 Å². The molecule has 1 aliphatic heterocycles. The molecule has 2 heterocycles. The molecule has 1 aliphatic rings. The number of hydrogen-bond donors (Lipinski definition) is 0. The van der Waals surface area contributed by atoms with E-state index in [1.165, 1.54) is 19.3 Å². The molecule has 122 valence electrons. The zero-order chi connectivity index (χ0) is 16.4. The van der Waals surface area contributed by atoms with Crippen LogP contribution in [0.1, 0.15) is 49.1 Å². The summed E-state index contributed by atoms with van der Waals surface area (Å²) < 4.78 is 1.93. The quantitative estimate of drug-likeness (QED) is 0.761. The highest BCUT2D eigenvalue weighted by atomic mass is 35.5. The summed E-state index contributed by atoms with van der Waals surface area (Å²) in [6, 6.07) is 9.74. The number of carbonyl (C=O) groups is 1. The van der Waals surface area contributed by atoms with Crippen molar-refractivity contribution >= 4 is 17.5 Å². The second-order valence-electron chi connectivity index (χ2n) is 6.20. The highest BCUT2D eigenvalue weighted by molar-refractivity contribution is 6.30. The fraction of sp³-hybridized carbons (Fsp3) is 0.444. The SMILES string of the molecule is CCCCCC1CN(C)C(=O)c2cc(-c3ccc(Cl)cc3)nn21. The molecule has 0 bridgehead atoms. The van der Waals surface area contributed by atoms with E-state index in [9.17, 15) is 4.79 Å². The van der Waals surface area contributed by atoms with Gasteiger partial charge in [-0.1, -0.05) is 49.9 Å². The van der Waals surface area contributed by atoms with Gasteiger partial charge in [-0.3, -0.25) is 9.48 Å². The summed E-state index contributed by atoms with van der Waals surface area (Å²) in [6.07, 6.45) is 4.64. The van der Waals surface area contributed by atoms with Gasteiger partial charge in [0.15, 0.2) is 0 Å². The van der Waals surface area contributed by atoms with E-state index in [4.69, 9.17) is 16.7 Å². The highest BCUT2D eigenvalue weighted by Crippen LogP contribution is 2.29. The molecule has 2 aromatic rings. The lowest BCUT2D eigenvalue weighted by molar-refractivity contribution is 0.0701. The van der Waals surface area contributed by atoms with Crippen LogP contribution in [0.4, 0.5) is 0 Å². The van der Waals surface area contributed by atoms with Crippen LogP contribution in [0.25, 0.3) is 11.3 Å². The first-order valence-corrected chi connectivity index (χ1v) is 8.59. The van der Waals surface area contributed by atoms with E-state index < -0.39 is 0 Å². The van der Waals surface area contributed by atoms with Crippen molar-refractivity contribution in [3.63, 3.8) is 0 Å². The van der Waals surface area contributed by atoms with Gasteiger partial charge in [-0.05, 0) is 24.6 Å². The van der Waals surface area contributed by atoms with E-state index >= 15 is 0 Å². The largest absolute Gasteiger partial charge is 0.338 e. The van der Waals surface area contributed by atoms with Crippen LogP contribution in [-0.4, -0.2) is 34.2 Å². The number of benzene rings is 1. The van der Waals surface area contributed by atoms with Gasteiger partial charge in [0, 0.05) is 24.2 Å². The summed E-state index contributed by atoms with van der Waals surface area (Å²) in [7, 11) is 1.87. The number of amides is 1. The van der Waals surface area contributed by atoms with E-state index in [2.05, 4.69) is 6.92 Å². The minimum Gasteiger partial charge on any atom is -0.338 e. The van der Waals surface area contributed by atoms with E-state index in [-0.39, 0.29) is 11.9 Å². The van der Waals surface area contributed by atoms with E-state index in [0.29, 0.717) is 10.7 Å². The minimum absolute atomic E-state index is 0.0458. The molecular weight excluding hydrogens is 310 g/mol. The fourth-order valence-electron chi connectivity index (χ4n) is 3.11. The number of halogens is 1. The molecule has 23 heavy (non-hydrogen) atoms. The first-order chi connectivity index (χ1) is 11.1. The maximum atomic E-state index is 12.4. The third-order valence-corrected chi connectivity index (χ3v) is 4.66. The molecule has 1 aromatic heterocycles. The van der Waals surface area contributed by atoms with Crippen molar-refractivity contribution in [3.05, 3.63) is 41.0 Å². The van der Waals surface area contributed by atoms with Gasteiger partial charge in [0.05, 0.1) is 11.7 Å². The molecule has 1 aromatic carbocycles. The van der Waals surface area contributed by atoms with Crippen LogP contribution >= 0.6 is 11.6 Å². The Kier molecular flexibility index (Phi) is 4.71. The molecule has 0 radical (unpaired) electrons. The molecule has 1 unspecified atom stereocenters. The number of hydrogen-bond acceptors (Lipinski definition) is 2. The third kappa shape index (κ3) is 3.27. The van der Waals surface area contributed by atoms with Gasteiger partial charge in [-0.25, -0.2) is 0 Å². The van der Waals surface area contributed by atoms with Gasteiger partial charge < -0.3 is 4.90 Å². The molecule has 1 atom stereocenters. The standard InChI is InChI=1S/C18H22ClN3O/c1-3-4-5-6-15-12-21(2)18(23)17-11-16(20-22(15)17)13-7-9-14(19)10-8-13/h7-11,15H,3-6,12H2,1-2H3. The molecule has 0 N–H and O–H groups in total. The number of unbranched alkanes of at least 4 members (excludes halogenated alkanes) is 2. The number of likely N-dealkylation sites (N-methyl/N-ethyl adjacent to an activating group) is 1. The Labute approximate surface area is 142 Å². The molecule has 4 nitrogen and oxygen atoms in total. The normalized spacial score (nSPS) is 17.4. The Hall–Kier alpha value is -1.81. The van der Waals surface area contributed by atoms with Crippen molar-refractivity contribution in [2.75, 3.05) is 13.6 Å².